The summed E-state index contributed by atoms with van der Waals surface area (Å²) in [5.74, 6) is 0.709. The Morgan fingerprint density at radius 3 is 2.55 bits per heavy atom. The molecule has 0 saturated carbocycles. The molecule has 0 aliphatic heterocycles. The van der Waals surface area contributed by atoms with E-state index in [-0.39, 0.29) is 6.54 Å². The van der Waals surface area contributed by atoms with Crippen LogP contribution in [0.5, 0.6) is 0 Å². The van der Waals surface area contributed by atoms with Crippen LogP contribution in [0, 0.1) is 0 Å². The first-order valence-electron chi connectivity index (χ1n) is 7.37. The Kier molecular flexibility index (Phi) is 6.05. The first kappa shape index (κ1) is 18.5. The molecule has 0 aromatic carbocycles. The number of aliphatic imine (C=N–C) groups is 1. The van der Waals surface area contributed by atoms with Crippen LogP contribution in [0.3, 0.4) is 0 Å². The third-order valence-corrected chi connectivity index (χ3v) is 5.90. The standard InChI is InChI=1S/C15H28N4O2S/c1-7-16-14(17-12-15(2,3)22(6,20)21)19(5)11-13-9-8-10-18(13)4/h8-10H,7,11-12H2,1-6H3,(H,16,17). The van der Waals surface area contributed by atoms with E-state index in [4.69, 9.17) is 0 Å². The summed E-state index contributed by atoms with van der Waals surface area (Å²) in [5, 5.41) is 3.21. The van der Waals surface area contributed by atoms with E-state index in [0.717, 1.165) is 12.2 Å². The van der Waals surface area contributed by atoms with Crippen LogP contribution in [0.15, 0.2) is 23.3 Å². The SMILES string of the molecule is CCNC(=NCC(C)(C)S(C)(=O)=O)N(C)Cc1cccn1C. The third kappa shape index (κ3) is 4.76. The molecule has 1 aromatic heterocycles. The lowest BCUT2D eigenvalue weighted by atomic mass is 10.2. The number of nitrogens with zero attached hydrogens (tertiary/aromatic N) is 3. The van der Waals surface area contributed by atoms with E-state index < -0.39 is 14.6 Å². The molecule has 0 fully saturated rings. The Balaban J connectivity index is 2.88. The molecule has 0 unspecified atom stereocenters. The van der Waals surface area contributed by atoms with Gasteiger partial charge in [-0.1, -0.05) is 0 Å². The summed E-state index contributed by atoms with van der Waals surface area (Å²) >= 11 is 0. The molecule has 0 spiro atoms. The van der Waals surface area contributed by atoms with E-state index in [1.807, 2.05) is 38.2 Å². The molecule has 0 aliphatic rings. The van der Waals surface area contributed by atoms with Crippen LogP contribution in [0.1, 0.15) is 26.5 Å². The average Bonchev–Trinajstić information content (AvgIpc) is 2.78. The monoisotopic (exact) mass is 328 g/mol. The van der Waals surface area contributed by atoms with Crippen LogP contribution in [-0.2, 0) is 23.4 Å². The lowest BCUT2D eigenvalue weighted by molar-refractivity contribution is 0.459. The molecule has 6 nitrogen and oxygen atoms in total. The van der Waals surface area contributed by atoms with Crippen molar-refractivity contribution < 1.29 is 8.42 Å². The molecular formula is C15H28N4O2S. The summed E-state index contributed by atoms with van der Waals surface area (Å²) < 4.78 is 24.8. The fraction of sp³-hybridized carbons (Fsp3) is 0.667. The summed E-state index contributed by atoms with van der Waals surface area (Å²) in [7, 11) is 0.794. The zero-order valence-electron chi connectivity index (χ0n) is 14.4. The molecule has 1 aromatic rings. The summed E-state index contributed by atoms with van der Waals surface area (Å²) in [4.78, 5) is 6.50. The molecule has 0 saturated heterocycles. The van der Waals surface area contributed by atoms with Gasteiger partial charge in [0, 0.05) is 38.8 Å². The van der Waals surface area contributed by atoms with Crippen molar-refractivity contribution in [3.05, 3.63) is 24.0 Å². The average molecular weight is 328 g/mol. The van der Waals surface area contributed by atoms with E-state index >= 15 is 0 Å². The molecule has 1 N–H and O–H groups in total. The molecular weight excluding hydrogens is 300 g/mol. The van der Waals surface area contributed by atoms with Gasteiger partial charge in [-0.15, -0.1) is 0 Å². The second-order valence-corrected chi connectivity index (χ2v) is 8.82. The molecule has 0 radical (unpaired) electrons. The van der Waals surface area contributed by atoms with Crippen molar-refractivity contribution in [3.63, 3.8) is 0 Å². The van der Waals surface area contributed by atoms with Crippen LogP contribution in [-0.4, -0.2) is 55.0 Å². The fourth-order valence-electron chi connectivity index (χ4n) is 1.83. The molecule has 0 amide bonds. The second kappa shape index (κ2) is 7.17. The molecule has 126 valence electrons. The first-order valence-corrected chi connectivity index (χ1v) is 9.27. The zero-order valence-corrected chi connectivity index (χ0v) is 15.2. The number of guanidine groups is 1. The third-order valence-electron chi connectivity index (χ3n) is 3.76. The Morgan fingerprint density at radius 2 is 2.09 bits per heavy atom. The topological polar surface area (TPSA) is 66.7 Å². The Bertz CT molecular complexity index is 617. The van der Waals surface area contributed by atoms with Crippen molar-refractivity contribution >= 4 is 15.8 Å². The highest BCUT2D eigenvalue weighted by Crippen LogP contribution is 2.15. The van der Waals surface area contributed by atoms with Crippen LogP contribution < -0.4 is 5.32 Å². The zero-order chi connectivity index (χ0) is 17.0. The fourth-order valence-corrected chi connectivity index (χ4v) is 2.13. The predicted molar refractivity (Wildman–Crippen MR) is 91.8 cm³/mol. The van der Waals surface area contributed by atoms with Crippen molar-refractivity contribution in [3.8, 4) is 0 Å². The number of sulfone groups is 1. The summed E-state index contributed by atoms with van der Waals surface area (Å²) in [6, 6.07) is 4.06. The van der Waals surface area contributed by atoms with Gasteiger partial charge in [0.15, 0.2) is 15.8 Å². The van der Waals surface area contributed by atoms with Gasteiger partial charge >= 0.3 is 0 Å². The summed E-state index contributed by atoms with van der Waals surface area (Å²) in [6.45, 7) is 7.06. The predicted octanol–water partition coefficient (Wildman–Crippen LogP) is 1.25. The smallest absolute Gasteiger partial charge is 0.194 e. The number of nitrogens with one attached hydrogen (secondary N) is 1. The van der Waals surface area contributed by atoms with Crippen LogP contribution in [0.2, 0.25) is 0 Å². The van der Waals surface area contributed by atoms with Gasteiger partial charge in [0.1, 0.15) is 0 Å². The van der Waals surface area contributed by atoms with Gasteiger partial charge < -0.3 is 14.8 Å². The molecule has 0 bridgehead atoms. The van der Waals surface area contributed by atoms with Gasteiger partial charge in [-0.25, -0.2) is 8.42 Å². The Hall–Kier alpha value is -1.50. The molecule has 0 aliphatic carbocycles. The number of hydrogen-bond donors (Lipinski definition) is 1. The summed E-state index contributed by atoms with van der Waals surface area (Å²) in [6.07, 6.45) is 3.25. The minimum absolute atomic E-state index is 0.228. The van der Waals surface area contributed by atoms with E-state index in [2.05, 4.69) is 20.9 Å². The van der Waals surface area contributed by atoms with Crippen molar-refractivity contribution in [1.82, 2.24) is 14.8 Å². The van der Waals surface area contributed by atoms with Crippen molar-refractivity contribution in [1.29, 1.82) is 0 Å². The molecule has 1 rings (SSSR count). The minimum atomic E-state index is -3.15. The number of aryl methyl sites for hydroxylation is 1. The Labute approximate surface area is 134 Å². The highest BCUT2D eigenvalue weighted by molar-refractivity contribution is 7.92. The Morgan fingerprint density at radius 1 is 1.45 bits per heavy atom. The molecule has 7 heteroatoms. The molecule has 0 atom stereocenters. The lowest BCUT2D eigenvalue weighted by Crippen LogP contribution is -2.41. The van der Waals surface area contributed by atoms with Gasteiger partial charge in [0.05, 0.1) is 17.8 Å². The summed E-state index contributed by atoms with van der Waals surface area (Å²) in [5.41, 5.74) is 1.16. The number of aromatic nitrogens is 1. The van der Waals surface area contributed by atoms with E-state index in [9.17, 15) is 8.42 Å². The second-order valence-electron chi connectivity index (χ2n) is 6.17. The van der Waals surface area contributed by atoms with Crippen molar-refractivity contribution in [2.45, 2.75) is 32.1 Å². The van der Waals surface area contributed by atoms with Gasteiger partial charge in [-0.05, 0) is 32.9 Å². The normalized spacial score (nSPS) is 13.3. The first-order chi connectivity index (χ1) is 10.1. The largest absolute Gasteiger partial charge is 0.357 e. The van der Waals surface area contributed by atoms with E-state index in [0.29, 0.717) is 12.5 Å². The van der Waals surface area contributed by atoms with Crippen molar-refractivity contribution in [2.24, 2.45) is 12.0 Å². The van der Waals surface area contributed by atoms with E-state index in [1.54, 1.807) is 13.8 Å². The van der Waals surface area contributed by atoms with Crippen LogP contribution >= 0.6 is 0 Å². The minimum Gasteiger partial charge on any atom is -0.357 e. The molecule has 22 heavy (non-hydrogen) atoms. The van der Waals surface area contributed by atoms with Gasteiger partial charge in [0.25, 0.3) is 0 Å². The maximum absolute atomic E-state index is 11.8. The van der Waals surface area contributed by atoms with E-state index in [1.165, 1.54) is 6.26 Å². The molecule has 1 heterocycles. The quantitative estimate of drug-likeness (QED) is 0.630. The van der Waals surface area contributed by atoms with Gasteiger partial charge in [0.2, 0.25) is 0 Å². The lowest BCUT2D eigenvalue weighted by Gasteiger charge is -2.25. The maximum Gasteiger partial charge on any atom is 0.194 e. The number of hydrogen-bond acceptors (Lipinski definition) is 3. The highest BCUT2D eigenvalue weighted by atomic mass is 32.2. The highest BCUT2D eigenvalue weighted by Gasteiger charge is 2.30. The van der Waals surface area contributed by atoms with Gasteiger partial charge in [-0.3, -0.25) is 4.99 Å². The van der Waals surface area contributed by atoms with Crippen LogP contribution in [0.4, 0.5) is 0 Å². The number of rotatable bonds is 6. The van der Waals surface area contributed by atoms with Crippen molar-refractivity contribution in [2.75, 3.05) is 26.4 Å². The van der Waals surface area contributed by atoms with Gasteiger partial charge in [-0.2, -0.15) is 0 Å². The van der Waals surface area contributed by atoms with Crippen LogP contribution in [0.25, 0.3) is 0 Å². The maximum atomic E-state index is 11.8.